The molecule has 1 fully saturated rings. The van der Waals surface area contributed by atoms with E-state index in [4.69, 9.17) is 0 Å². The first-order valence-corrected chi connectivity index (χ1v) is 5.90. The van der Waals surface area contributed by atoms with Crippen molar-refractivity contribution < 1.29 is 0 Å². The summed E-state index contributed by atoms with van der Waals surface area (Å²) in [4.78, 5) is 0. The molecule has 0 saturated carbocycles. The minimum absolute atomic E-state index is 0.790. The number of fused-ring (bicyclic) bond motifs is 2. The molecule has 2 aliphatic rings. The normalized spacial score (nSPS) is 29.1. The highest BCUT2D eigenvalue weighted by Gasteiger charge is 2.25. The molecule has 0 radical (unpaired) electrons. The SMILES string of the molecule is C1=C[C@H]2CCNC[C@@H]2Cc2ccccc21. The monoisotopic (exact) mass is 199 g/mol. The second-order valence-corrected chi connectivity index (χ2v) is 4.68. The molecule has 2 atom stereocenters. The Bertz CT molecular complexity index is 381. The first-order valence-electron chi connectivity index (χ1n) is 5.90. The van der Waals surface area contributed by atoms with Crippen molar-refractivity contribution in [2.45, 2.75) is 12.8 Å². The van der Waals surface area contributed by atoms with E-state index in [9.17, 15) is 0 Å². The second-order valence-electron chi connectivity index (χ2n) is 4.68. The molecular formula is C14H17N. The molecule has 0 amide bonds. The summed E-state index contributed by atoms with van der Waals surface area (Å²) in [7, 11) is 0. The van der Waals surface area contributed by atoms with Crippen LogP contribution in [0.25, 0.3) is 6.08 Å². The van der Waals surface area contributed by atoms with Gasteiger partial charge in [0, 0.05) is 0 Å². The molecule has 3 rings (SSSR count). The molecule has 1 heterocycles. The molecule has 1 heteroatoms. The van der Waals surface area contributed by atoms with Crippen LogP contribution >= 0.6 is 0 Å². The van der Waals surface area contributed by atoms with Crippen LogP contribution in [0.3, 0.4) is 0 Å². The lowest BCUT2D eigenvalue weighted by molar-refractivity contribution is 0.303. The third kappa shape index (κ3) is 1.72. The summed E-state index contributed by atoms with van der Waals surface area (Å²) in [5.41, 5.74) is 2.94. The topological polar surface area (TPSA) is 12.0 Å². The van der Waals surface area contributed by atoms with Crippen LogP contribution in [0, 0.1) is 11.8 Å². The molecule has 0 aromatic heterocycles. The molecule has 0 bridgehead atoms. The van der Waals surface area contributed by atoms with Crippen LogP contribution in [-0.2, 0) is 6.42 Å². The van der Waals surface area contributed by atoms with Crippen molar-refractivity contribution in [3.63, 3.8) is 0 Å². The number of allylic oxidation sites excluding steroid dienone is 1. The zero-order valence-electron chi connectivity index (χ0n) is 8.95. The van der Waals surface area contributed by atoms with Crippen molar-refractivity contribution in [1.29, 1.82) is 0 Å². The van der Waals surface area contributed by atoms with Crippen LogP contribution in [0.1, 0.15) is 17.5 Å². The molecule has 0 unspecified atom stereocenters. The van der Waals surface area contributed by atoms with E-state index in [-0.39, 0.29) is 0 Å². The highest BCUT2D eigenvalue weighted by Crippen LogP contribution is 2.29. The Labute approximate surface area is 91.2 Å². The van der Waals surface area contributed by atoms with Gasteiger partial charge < -0.3 is 5.32 Å². The lowest BCUT2D eigenvalue weighted by Crippen LogP contribution is -2.36. The van der Waals surface area contributed by atoms with Crippen molar-refractivity contribution in [2.24, 2.45) is 11.8 Å². The molecule has 1 N–H and O–H groups in total. The van der Waals surface area contributed by atoms with E-state index in [2.05, 4.69) is 41.7 Å². The Morgan fingerprint density at radius 1 is 1.20 bits per heavy atom. The fraction of sp³-hybridized carbons (Fsp3) is 0.429. The van der Waals surface area contributed by atoms with E-state index < -0.39 is 0 Å². The molecular weight excluding hydrogens is 182 g/mol. The molecule has 1 aliphatic heterocycles. The summed E-state index contributed by atoms with van der Waals surface area (Å²) in [6.45, 7) is 2.37. The summed E-state index contributed by atoms with van der Waals surface area (Å²) in [6, 6.07) is 8.80. The van der Waals surface area contributed by atoms with Crippen LogP contribution < -0.4 is 5.32 Å². The van der Waals surface area contributed by atoms with Gasteiger partial charge in [0.2, 0.25) is 0 Å². The minimum Gasteiger partial charge on any atom is -0.316 e. The smallest absolute Gasteiger partial charge is 0.00117 e. The fourth-order valence-corrected chi connectivity index (χ4v) is 2.81. The maximum absolute atomic E-state index is 3.51. The van der Waals surface area contributed by atoms with E-state index >= 15 is 0 Å². The predicted octanol–water partition coefficient (Wildman–Crippen LogP) is 2.48. The van der Waals surface area contributed by atoms with E-state index in [0.717, 1.165) is 11.8 Å². The fourth-order valence-electron chi connectivity index (χ4n) is 2.81. The lowest BCUT2D eigenvalue weighted by atomic mass is 9.83. The summed E-state index contributed by atoms with van der Waals surface area (Å²) >= 11 is 0. The lowest BCUT2D eigenvalue weighted by Gasteiger charge is -2.29. The number of piperidine rings is 1. The van der Waals surface area contributed by atoms with Crippen molar-refractivity contribution in [3.8, 4) is 0 Å². The van der Waals surface area contributed by atoms with Gasteiger partial charge in [-0.25, -0.2) is 0 Å². The standard InChI is InChI=1S/C14H17N/c1-2-4-13-9-14-10-15-8-7-12(14)6-5-11(13)3-1/h1-6,12,14-15H,7-10H2/t12-,14-/m0/s1. The zero-order chi connectivity index (χ0) is 10.1. The quantitative estimate of drug-likeness (QED) is 0.677. The third-order valence-electron chi connectivity index (χ3n) is 3.73. The van der Waals surface area contributed by atoms with Crippen molar-refractivity contribution in [3.05, 3.63) is 41.5 Å². The zero-order valence-corrected chi connectivity index (χ0v) is 8.95. The largest absolute Gasteiger partial charge is 0.316 e. The minimum atomic E-state index is 0.790. The van der Waals surface area contributed by atoms with Crippen molar-refractivity contribution >= 4 is 6.08 Å². The number of hydrogen-bond acceptors (Lipinski definition) is 1. The maximum Gasteiger partial charge on any atom is -0.00117 e. The first-order chi connectivity index (χ1) is 7.43. The second kappa shape index (κ2) is 3.82. The molecule has 78 valence electrons. The molecule has 1 aromatic rings. The summed E-state index contributed by atoms with van der Waals surface area (Å²) in [5, 5.41) is 3.51. The Morgan fingerprint density at radius 2 is 2.13 bits per heavy atom. The van der Waals surface area contributed by atoms with Crippen LogP contribution in [0.2, 0.25) is 0 Å². The molecule has 1 aromatic carbocycles. The van der Waals surface area contributed by atoms with Gasteiger partial charge in [0.05, 0.1) is 0 Å². The van der Waals surface area contributed by atoms with E-state index in [0.29, 0.717) is 0 Å². The van der Waals surface area contributed by atoms with Gasteiger partial charge in [-0.05, 0) is 48.9 Å². The molecule has 1 nitrogen and oxygen atoms in total. The predicted molar refractivity (Wildman–Crippen MR) is 63.6 cm³/mol. The van der Waals surface area contributed by atoms with Gasteiger partial charge in [0.1, 0.15) is 0 Å². The third-order valence-corrected chi connectivity index (χ3v) is 3.73. The van der Waals surface area contributed by atoms with Crippen LogP contribution in [-0.4, -0.2) is 13.1 Å². The van der Waals surface area contributed by atoms with E-state index in [1.807, 2.05) is 0 Å². The van der Waals surface area contributed by atoms with E-state index in [1.54, 1.807) is 0 Å². The van der Waals surface area contributed by atoms with Crippen LogP contribution in [0.5, 0.6) is 0 Å². The van der Waals surface area contributed by atoms with Gasteiger partial charge in [-0.15, -0.1) is 0 Å². The molecule has 0 spiro atoms. The average Bonchev–Trinajstić information content (AvgIpc) is 2.48. The number of rotatable bonds is 0. The summed E-state index contributed by atoms with van der Waals surface area (Å²) in [5.74, 6) is 1.59. The first kappa shape index (κ1) is 9.17. The van der Waals surface area contributed by atoms with Crippen molar-refractivity contribution in [2.75, 3.05) is 13.1 Å². The molecule has 15 heavy (non-hydrogen) atoms. The van der Waals surface area contributed by atoms with Gasteiger partial charge in [-0.2, -0.15) is 0 Å². The molecule has 1 saturated heterocycles. The Kier molecular flexibility index (Phi) is 2.34. The van der Waals surface area contributed by atoms with Crippen LogP contribution in [0.15, 0.2) is 30.3 Å². The van der Waals surface area contributed by atoms with Gasteiger partial charge in [0.25, 0.3) is 0 Å². The highest BCUT2D eigenvalue weighted by atomic mass is 14.9. The number of hydrogen-bond donors (Lipinski definition) is 1. The maximum atomic E-state index is 3.51. The van der Waals surface area contributed by atoms with Gasteiger partial charge in [-0.1, -0.05) is 36.4 Å². The Morgan fingerprint density at radius 3 is 3.13 bits per heavy atom. The summed E-state index contributed by atoms with van der Waals surface area (Å²) in [6.07, 6.45) is 7.29. The van der Waals surface area contributed by atoms with Gasteiger partial charge >= 0.3 is 0 Å². The Balaban J connectivity index is 1.95. The Hall–Kier alpha value is -1.08. The molecule has 1 aliphatic carbocycles. The van der Waals surface area contributed by atoms with Crippen LogP contribution in [0.4, 0.5) is 0 Å². The highest BCUT2D eigenvalue weighted by molar-refractivity contribution is 5.55. The van der Waals surface area contributed by atoms with Crippen molar-refractivity contribution in [1.82, 2.24) is 5.32 Å². The average molecular weight is 199 g/mol. The summed E-state index contributed by atoms with van der Waals surface area (Å²) < 4.78 is 0. The van der Waals surface area contributed by atoms with Gasteiger partial charge in [-0.3, -0.25) is 0 Å². The number of benzene rings is 1. The number of nitrogens with one attached hydrogen (secondary N) is 1. The van der Waals surface area contributed by atoms with E-state index in [1.165, 1.54) is 37.1 Å². The van der Waals surface area contributed by atoms with Gasteiger partial charge in [0.15, 0.2) is 0 Å².